The second kappa shape index (κ2) is 7.05. The van der Waals surface area contributed by atoms with Crippen molar-refractivity contribution in [3.63, 3.8) is 0 Å². The molecule has 1 saturated heterocycles. The lowest BCUT2D eigenvalue weighted by Gasteiger charge is -2.33. The van der Waals surface area contributed by atoms with Crippen LogP contribution in [0.2, 0.25) is 0 Å². The van der Waals surface area contributed by atoms with E-state index in [-0.39, 0.29) is 16.8 Å². The van der Waals surface area contributed by atoms with Gasteiger partial charge in [0.1, 0.15) is 0 Å². The zero-order valence-electron chi connectivity index (χ0n) is 12.0. The predicted molar refractivity (Wildman–Crippen MR) is 85.4 cm³/mol. The molecule has 0 aliphatic carbocycles. The maximum absolute atomic E-state index is 14.1. The van der Waals surface area contributed by atoms with Crippen LogP contribution >= 0.6 is 23.5 Å². The number of thioether (sulfide) groups is 2. The van der Waals surface area contributed by atoms with E-state index in [0.717, 1.165) is 5.75 Å². The minimum atomic E-state index is -0.524. The van der Waals surface area contributed by atoms with Gasteiger partial charge in [0.25, 0.3) is 0 Å². The van der Waals surface area contributed by atoms with Gasteiger partial charge < -0.3 is 9.84 Å². The first-order chi connectivity index (χ1) is 9.52. The van der Waals surface area contributed by atoms with Gasteiger partial charge in [0, 0.05) is 27.9 Å². The van der Waals surface area contributed by atoms with Gasteiger partial charge in [0.05, 0.1) is 13.2 Å². The summed E-state index contributed by atoms with van der Waals surface area (Å²) in [7, 11) is 1.45. The molecule has 2 nitrogen and oxygen atoms in total. The molecule has 1 N–H and O–H groups in total. The van der Waals surface area contributed by atoms with Gasteiger partial charge in [-0.25, -0.2) is 4.39 Å². The van der Waals surface area contributed by atoms with Gasteiger partial charge in [-0.2, -0.15) is 23.5 Å². The van der Waals surface area contributed by atoms with E-state index >= 15 is 0 Å². The third kappa shape index (κ3) is 3.62. The van der Waals surface area contributed by atoms with Crippen molar-refractivity contribution in [2.24, 2.45) is 0 Å². The Kier molecular flexibility index (Phi) is 5.64. The fourth-order valence-corrected chi connectivity index (χ4v) is 5.25. The van der Waals surface area contributed by atoms with E-state index in [1.807, 2.05) is 23.5 Å². The Morgan fingerprint density at radius 3 is 2.80 bits per heavy atom. The van der Waals surface area contributed by atoms with Gasteiger partial charge in [0.15, 0.2) is 11.6 Å². The van der Waals surface area contributed by atoms with E-state index in [2.05, 4.69) is 13.8 Å². The van der Waals surface area contributed by atoms with E-state index in [1.165, 1.54) is 7.11 Å². The SMILES string of the molecule is COc1cccc(CC(O)C2CSC(C)C(C)S2)c1F. The summed E-state index contributed by atoms with van der Waals surface area (Å²) in [5, 5.41) is 11.7. The number of halogens is 1. The molecule has 1 heterocycles. The van der Waals surface area contributed by atoms with Crippen LogP contribution in [0.25, 0.3) is 0 Å². The fourth-order valence-electron chi connectivity index (χ4n) is 2.24. The van der Waals surface area contributed by atoms with Gasteiger partial charge >= 0.3 is 0 Å². The largest absolute Gasteiger partial charge is 0.494 e. The Labute approximate surface area is 128 Å². The molecule has 4 atom stereocenters. The number of rotatable bonds is 4. The first-order valence-electron chi connectivity index (χ1n) is 6.79. The third-order valence-electron chi connectivity index (χ3n) is 3.70. The van der Waals surface area contributed by atoms with Gasteiger partial charge in [-0.1, -0.05) is 26.0 Å². The molecule has 1 fully saturated rings. The highest BCUT2D eigenvalue weighted by atomic mass is 32.2. The molecular formula is C15H21FO2S2. The van der Waals surface area contributed by atoms with Crippen LogP contribution in [-0.4, -0.2) is 39.8 Å². The molecule has 4 unspecified atom stereocenters. The van der Waals surface area contributed by atoms with Crippen LogP contribution in [0.1, 0.15) is 19.4 Å². The molecule has 0 saturated carbocycles. The van der Waals surface area contributed by atoms with Crippen molar-refractivity contribution in [2.45, 2.75) is 42.1 Å². The molecule has 0 radical (unpaired) electrons. The number of aliphatic hydroxyl groups is 1. The number of ether oxygens (including phenoxy) is 1. The summed E-state index contributed by atoms with van der Waals surface area (Å²) in [5.41, 5.74) is 0.522. The van der Waals surface area contributed by atoms with E-state index in [4.69, 9.17) is 4.74 Å². The van der Waals surface area contributed by atoms with Crippen LogP contribution in [0.4, 0.5) is 4.39 Å². The minimum absolute atomic E-state index is 0.164. The normalized spacial score (nSPS) is 28.1. The van der Waals surface area contributed by atoms with Gasteiger partial charge in [-0.3, -0.25) is 0 Å². The molecule has 2 rings (SSSR count). The second-order valence-corrected chi connectivity index (χ2v) is 8.15. The highest BCUT2D eigenvalue weighted by Gasteiger charge is 2.30. The van der Waals surface area contributed by atoms with Crippen molar-refractivity contribution < 1.29 is 14.2 Å². The summed E-state index contributed by atoms with van der Waals surface area (Å²) >= 11 is 3.70. The highest BCUT2D eigenvalue weighted by molar-refractivity contribution is 8.07. The number of aliphatic hydroxyl groups excluding tert-OH is 1. The predicted octanol–water partition coefficient (Wildman–Crippen LogP) is 3.36. The molecular weight excluding hydrogens is 295 g/mol. The van der Waals surface area contributed by atoms with Gasteiger partial charge in [0.2, 0.25) is 0 Å². The molecule has 0 spiro atoms. The highest BCUT2D eigenvalue weighted by Crippen LogP contribution is 2.37. The Hall–Kier alpha value is -0.390. The fraction of sp³-hybridized carbons (Fsp3) is 0.600. The summed E-state index contributed by atoms with van der Waals surface area (Å²) in [6.45, 7) is 4.40. The summed E-state index contributed by atoms with van der Waals surface area (Å²) < 4.78 is 19.1. The zero-order chi connectivity index (χ0) is 14.7. The minimum Gasteiger partial charge on any atom is -0.494 e. The molecule has 0 bridgehead atoms. The molecule has 1 aliphatic heterocycles. The van der Waals surface area contributed by atoms with Crippen LogP contribution < -0.4 is 4.74 Å². The number of hydrogen-bond donors (Lipinski definition) is 1. The van der Waals surface area contributed by atoms with Crippen LogP contribution in [0.3, 0.4) is 0 Å². The van der Waals surface area contributed by atoms with E-state index in [1.54, 1.807) is 18.2 Å². The lowest BCUT2D eigenvalue weighted by molar-refractivity contribution is 0.175. The summed E-state index contributed by atoms with van der Waals surface area (Å²) in [6, 6.07) is 5.07. The number of methoxy groups -OCH3 is 1. The first kappa shape index (κ1) is 16.0. The smallest absolute Gasteiger partial charge is 0.168 e. The molecule has 1 aromatic carbocycles. The van der Waals surface area contributed by atoms with Crippen LogP contribution in [0.15, 0.2) is 18.2 Å². The van der Waals surface area contributed by atoms with Crippen LogP contribution in [0, 0.1) is 5.82 Å². The average molecular weight is 316 g/mol. The zero-order valence-corrected chi connectivity index (χ0v) is 13.6. The third-order valence-corrected chi connectivity index (χ3v) is 7.23. The van der Waals surface area contributed by atoms with Crippen molar-refractivity contribution in [1.82, 2.24) is 0 Å². The molecule has 1 aliphatic rings. The Balaban J connectivity index is 2.03. The standard InChI is InChI=1S/C15H21FO2S2/c1-9-10(2)20-14(8-19-9)12(17)7-11-5-4-6-13(18-3)15(11)16/h4-6,9-10,12,14,17H,7-8H2,1-3H3. The quantitative estimate of drug-likeness (QED) is 0.922. The van der Waals surface area contributed by atoms with Gasteiger partial charge in [-0.05, 0) is 11.6 Å². The van der Waals surface area contributed by atoms with E-state index < -0.39 is 6.10 Å². The molecule has 0 amide bonds. The lowest BCUT2D eigenvalue weighted by Crippen LogP contribution is -2.35. The van der Waals surface area contributed by atoms with Crippen LogP contribution in [0.5, 0.6) is 5.75 Å². The maximum atomic E-state index is 14.1. The van der Waals surface area contributed by atoms with Crippen molar-refractivity contribution in [3.05, 3.63) is 29.6 Å². The first-order valence-corrected chi connectivity index (χ1v) is 8.78. The Morgan fingerprint density at radius 1 is 1.40 bits per heavy atom. The molecule has 112 valence electrons. The summed E-state index contributed by atoms with van der Waals surface area (Å²) in [4.78, 5) is 0. The number of hydrogen-bond acceptors (Lipinski definition) is 4. The van der Waals surface area contributed by atoms with E-state index in [0.29, 0.717) is 22.5 Å². The topological polar surface area (TPSA) is 29.5 Å². The van der Waals surface area contributed by atoms with Crippen molar-refractivity contribution in [2.75, 3.05) is 12.9 Å². The summed E-state index contributed by atoms with van der Waals surface area (Å²) in [6.07, 6.45) is -0.188. The maximum Gasteiger partial charge on any atom is 0.168 e. The van der Waals surface area contributed by atoms with Crippen LogP contribution in [-0.2, 0) is 6.42 Å². The van der Waals surface area contributed by atoms with E-state index in [9.17, 15) is 9.50 Å². The van der Waals surface area contributed by atoms with Crippen molar-refractivity contribution in [1.29, 1.82) is 0 Å². The Bertz CT molecular complexity index is 455. The molecule has 5 heteroatoms. The Morgan fingerprint density at radius 2 is 2.15 bits per heavy atom. The van der Waals surface area contributed by atoms with Gasteiger partial charge in [-0.15, -0.1) is 0 Å². The monoisotopic (exact) mass is 316 g/mol. The van der Waals surface area contributed by atoms with Crippen molar-refractivity contribution >= 4 is 23.5 Å². The molecule has 0 aromatic heterocycles. The molecule has 1 aromatic rings. The average Bonchev–Trinajstić information content (AvgIpc) is 2.44. The van der Waals surface area contributed by atoms with Crippen molar-refractivity contribution in [3.8, 4) is 5.75 Å². The lowest BCUT2D eigenvalue weighted by atomic mass is 10.0. The number of benzene rings is 1. The molecule has 20 heavy (non-hydrogen) atoms. The summed E-state index contributed by atoms with van der Waals surface area (Å²) in [5.74, 6) is 0.800. The second-order valence-electron chi connectivity index (χ2n) is 5.12.